The van der Waals surface area contributed by atoms with Crippen LogP contribution >= 0.6 is 0 Å². The fourth-order valence-electron chi connectivity index (χ4n) is 4.95. The molecule has 2 N–H and O–H groups in total. The molecule has 176 valence electrons. The lowest BCUT2D eigenvalue weighted by Gasteiger charge is -2.44. The highest BCUT2D eigenvalue weighted by Gasteiger charge is 2.32. The maximum Gasteiger partial charge on any atom is 0.392 e. The number of anilines is 1. The van der Waals surface area contributed by atoms with Gasteiger partial charge < -0.3 is 4.90 Å². The lowest BCUT2D eigenvalue weighted by Crippen LogP contribution is -2.57. The van der Waals surface area contributed by atoms with E-state index in [4.69, 9.17) is 5.84 Å². The molecular formula is C23H32F3N5O. The molecule has 0 aliphatic carbocycles. The van der Waals surface area contributed by atoms with Crippen LogP contribution in [0.5, 0.6) is 0 Å². The summed E-state index contributed by atoms with van der Waals surface area (Å²) in [5.74, 6) is 6.10. The zero-order valence-electron chi connectivity index (χ0n) is 18.4. The van der Waals surface area contributed by atoms with Gasteiger partial charge >= 0.3 is 6.18 Å². The highest BCUT2D eigenvalue weighted by molar-refractivity contribution is 5.78. The number of fused-ring (bicyclic) bond motifs is 2. The van der Waals surface area contributed by atoms with Crippen molar-refractivity contribution >= 4 is 11.6 Å². The Kier molecular flexibility index (Phi) is 7.07. The Morgan fingerprint density at radius 1 is 1.16 bits per heavy atom. The Morgan fingerprint density at radius 2 is 2.00 bits per heavy atom. The number of rotatable bonds is 5. The van der Waals surface area contributed by atoms with Gasteiger partial charge in [0, 0.05) is 45.0 Å². The molecule has 1 unspecified atom stereocenters. The summed E-state index contributed by atoms with van der Waals surface area (Å²) < 4.78 is 36.9. The largest absolute Gasteiger partial charge is 0.392 e. The summed E-state index contributed by atoms with van der Waals surface area (Å²) in [7, 11) is 0. The maximum absolute atomic E-state index is 12.9. The monoisotopic (exact) mass is 451 g/mol. The molecule has 0 spiro atoms. The summed E-state index contributed by atoms with van der Waals surface area (Å²) >= 11 is 0. The van der Waals surface area contributed by atoms with Crippen molar-refractivity contribution in [2.75, 3.05) is 44.3 Å². The molecule has 2 saturated heterocycles. The number of piperazine rings is 1. The number of nitrogens with zero attached hydrogens (tertiary/aromatic N) is 4. The Morgan fingerprint density at radius 3 is 2.81 bits per heavy atom. The summed E-state index contributed by atoms with van der Waals surface area (Å²) in [5, 5.41) is 1.22. The third kappa shape index (κ3) is 5.82. The van der Waals surface area contributed by atoms with E-state index in [9.17, 15) is 18.0 Å². The maximum atomic E-state index is 12.9. The number of hydrogen-bond donors (Lipinski definition) is 1. The Balaban J connectivity index is 1.30. The molecule has 1 atom stereocenters. The van der Waals surface area contributed by atoms with Gasteiger partial charge in [0.1, 0.15) is 0 Å². The van der Waals surface area contributed by atoms with Crippen LogP contribution in [0.15, 0.2) is 30.5 Å². The first kappa shape index (κ1) is 23.1. The first-order valence-corrected chi connectivity index (χ1v) is 11.4. The minimum Gasteiger partial charge on any atom is -0.339 e. The van der Waals surface area contributed by atoms with Gasteiger partial charge in [-0.2, -0.15) is 13.2 Å². The molecule has 0 aromatic heterocycles. The van der Waals surface area contributed by atoms with Crippen molar-refractivity contribution in [2.45, 2.75) is 50.9 Å². The number of benzene rings is 1. The minimum absolute atomic E-state index is 0.207. The van der Waals surface area contributed by atoms with Crippen LogP contribution in [-0.2, 0) is 17.8 Å². The van der Waals surface area contributed by atoms with E-state index in [1.807, 2.05) is 23.1 Å². The zero-order chi connectivity index (χ0) is 22.7. The lowest BCUT2D eigenvalue weighted by molar-refractivity contribution is -0.136. The lowest BCUT2D eigenvalue weighted by atomic mass is 9.98. The van der Waals surface area contributed by atoms with E-state index in [-0.39, 0.29) is 5.91 Å². The highest BCUT2D eigenvalue weighted by Crippen LogP contribution is 2.26. The van der Waals surface area contributed by atoms with E-state index < -0.39 is 12.6 Å². The molecule has 1 aromatic carbocycles. The summed E-state index contributed by atoms with van der Waals surface area (Å²) in [6.45, 7) is 5.71. The molecule has 0 radical (unpaired) electrons. The van der Waals surface area contributed by atoms with Gasteiger partial charge in [-0.1, -0.05) is 18.6 Å². The molecule has 32 heavy (non-hydrogen) atoms. The SMILES string of the molecule is NN(/C=C\CC(F)(F)F)c1ccc2c(c1)CCN(CC(=O)N1CCN3CCCCC3C1)C2. The van der Waals surface area contributed by atoms with Gasteiger partial charge in [-0.05, 0) is 49.1 Å². The third-order valence-corrected chi connectivity index (χ3v) is 6.74. The highest BCUT2D eigenvalue weighted by atomic mass is 19.4. The van der Waals surface area contributed by atoms with E-state index in [0.717, 1.165) is 56.3 Å². The molecular weight excluding hydrogens is 419 g/mol. The van der Waals surface area contributed by atoms with Crippen LogP contribution in [0.1, 0.15) is 36.8 Å². The van der Waals surface area contributed by atoms with Gasteiger partial charge in [0.05, 0.1) is 18.7 Å². The summed E-state index contributed by atoms with van der Waals surface area (Å²) in [6.07, 6.45) is 1.51. The molecule has 0 bridgehead atoms. The van der Waals surface area contributed by atoms with Crippen LogP contribution < -0.4 is 10.9 Å². The number of alkyl halides is 3. The van der Waals surface area contributed by atoms with Gasteiger partial charge in [0.2, 0.25) is 5.91 Å². The molecule has 4 rings (SSSR count). The van der Waals surface area contributed by atoms with E-state index in [1.54, 1.807) is 0 Å². The molecule has 3 aliphatic rings. The van der Waals surface area contributed by atoms with Gasteiger partial charge in [0.15, 0.2) is 0 Å². The summed E-state index contributed by atoms with van der Waals surface area (Å²) in [5.41, 5.74) is 2.91. The van der Waals surface area contributed by atoms with E-state index in [2.05, 4.69) is 9.80 Å². The van der Waals surface area contributed by atoms with Crippen LogP contribution in [0.2, 0.25) is 0 Å². The average Bonchev–Trinajstić information content (AvgIpc) is 2.77. The molecule has 1 amide bonds. The number of piperidine rings is 1. The van der Waals surface area contributed by atoms with Crippen LogP contribution in [0.25, 0.3) is 0 Å². The summed E-state index contributed by atoms with van der Waals surface area (Å²) in [6, 6.07) is 6.21. The Bertz CT molecular complexity index is 843. The summed E-state index contributed by atoms with van der Waals surface area (Å²) in [4.78, 5) is 19.7. The van der Waals surface area contributed by atoms with Gasteiger partial charge in [-0.3, -0.25) is 19.6 Å². The van der Waals surface area contributed by atoms with Crippen molar-refractivity contribution in [3.05, 3.63) is 41.6 Å². The van der Waals surface area contributed by atoms with Gasteiger partial charge in [-0.15, -0.1) is 0 Å². The molecule has 2 fully saturated rings. The number of allylic oxidation sites excluding steroid dienone is 1. The topological polar surface area (TPSA) is 56.1 Å². The molecule has 6 nitrogen and oxygen atoms in total. The first-order chi connectivity index (χ1) is 15.3. The number of hydrogen-bond acceptors (Lipinski definition) is 5. The van der Waals surface area contributed by atoms with Crippen LogP contribution in [-0.4, -0.2) is 72.1 Å². The normalized spacial score (nSPS) is 22.6. The molecule has 1 aromatic rings. The van der Waals surface area contributed by atoms with E-state index >= 15 is 0 Å². The van der Waals surface area contributed by atoms with Crippen molar-refractivity contribution in [3.63, 3.8) is 0 Å². The zero-order valence-corrected chi connectivity index (χ0v) is 18.4. The predicted octanol–water partition coefficient (Wildman–Crippen LogP) is 2.89. The van der Waals surface area contributed by atoms with Crippen LogP contribution in [0.4, 0.5) is 18.9 Å². The second-order valence-corrected chi connectivity index (χ2v) is 9.05. The molecule has 0 saturated carbocycles. The second-order valence-electron chi connectivity index (χ2n) is 9.05. The van der Waals surface area contributed by atoms with Crippen molar-refractivity contribution in [3.8, 4) is 0 Å². The third-order valence-electron chi connectivity index (χ3n) is 6.74. The van der Waals surface area contributed by atoms with Crippen LogP contribution in [0.3, 0.4) is 0 Å². The predicted molar refractivity (Wildman–Crippen MR) is 118 cm³/mol. The number of carbonyl (C=O) groups excluding carboxylic acids is 1. The van der Waals surface area contributed by atoms with E-state index in [1.165, 1.54) is 30.5 Å². The molecule has 9 heteroatoms. The Hall–Kier alpha value is -2.10. The average molecular weight is 452 g/mol. The van der Waals surface area contributed by atoms with E-state index in [0.29, 0.717) is 24.8 Å². The smallest absolute Gasteiger partial charge is 0.339 e. The quantitative estimate of drug-likeness (QED) is 0.551. The number of amides is 1. The molecule has 3 aliphatic heterocycles. The number of hydrazine groups is 1. The molecule has 3 heterocycles. The van der Waals surface area contributed by atoms with Gasteiger partial charge in [0.25, 0.3) is 0 Å². The second kappa shape index (κ2) is 9.80. The van der Waals surface area contributed by atoms with Crippen molar-refractivity contribution < 1.29 is 18.0 Å². The number of nitrogens with two attached hydrogens (primary N) is 1. The van der Waals surface area contributed by atoms with Gasteiger partial charge in [-0.25, -0.2) is 5.84 Å². The number of halogens is 3. The van der Waals surface area contributed by atoms with Crippen molar-refractivity contribution in [1.29, 1.82) is 0 Å². The van der Waals surface area contributed by atoms with Crippen LogP contribution in [0, 0.1) is 0 Å². The first-order valence-electron chi connectivity index (χ1n) is 11.4. The fraction of sp³-hybridized carbons (Fsp3) is 0.609. The number of carbonyl (C=O) groups is 1. The van der Waals surface area contributed by atoms with Crippen molar-refractivity contribution in [1.82, 2.24) is 14.7 Å². The standard InChI is InChI=1S/C23H32F3N5O/c24-23(25,26)8-3-10-31(27)20-6-5-19-15-28(11-7-18(19)14-20)17-22(32)30-13-12-29-9-2-1-4-21(29)16-30/h3,5-6,10,14,21H,1-2,4,7-9,11-13,15-17,27H2/b10-3-. The Labute approximate surface area is 187 Å². The van der Waals surface area contributed by atoms with Crippen molar-refractivity contribution in [2.24, 2.45) is 5.84 Å². The minimum atomic E-state index is -4.24. The fourth-order valence-corrected chi connectivity index (χ4v) is 4.95.